The van der Waals surface area contributed by atoms with Gasteiger partial charge in [0.15, 0.2) is 0 Å². The predicted molar refractivity (Wildman–Crippen MR) is 111 cm³/mol. The molecular formula is C19H18N6O8. The topological polar surface area (TPSA) is 203 Å². The number of benzene rings is 2. The fourth-order valence-electron chi connectivity index (χ4n) is 2.45. The zero-order valence-electron chi connectivity index (χ0n) is 16.9. The molecule has 0 saturated carbocycles. The molecule has 0 spiro atoms. The second-order valence-corrected chi connectivity index (χ2v) is 6.47. The molecule has 0 aliphatic heterocycles. The van der Waals surface area contributed by atoms with Crippen molar-refractivity contribution in [1.82, 2.24) is 21.7 Å². The van der Waals surface area contributed by atoms with E-state index in [4.69, 9.17) is 0 Å². The molecule has 2 aromatic rings. The SMILES string of the molecule is O=C(CCCC(=O)NNC(=O)c1cccc([N+](=O)[O-])c1)NNC(=O)c1cccc([N+](=O)[O-])c1. The van der Waals surface area contributed by atoms with Crippen LogP contribution >= 0.6 is 0 Å². The molecule has 2 aromatic carbocycles. The lowest BCUT2D eigenvalue weighted by Crippen LogP contribution is -2.42. The number of nitrogens with one attached hydrogen (secondary N) is 4. The Bertz CT molecular complexity index is 1020. The van der Waals surface area contributed by atoms with Crippen LogP contribution < -0.4 is 21.7 Å². The third-order valence-corrected chi connectivity index (χ3v) is 4.08. The van der Waals surface area contributed by atoms with Crippen LogP contribution in [0.4, 0.5) is 11.4 Å². The summed E-state index contributed by atoms with van der Waals surface area (Å²) in [5.41, 5.74) is 7.85. The maximum Gasteiger partial charge on any atom is 0.270 e. The van der Waals surface area contributed by atoms with E-state index in [1.54, 1.807) is 0 Å². The van der Waals surface area contributed by atoms with Gasteiger partial charge in [0.2, 0.25) is 11.8 Å². The van der Waals surface area contributed by atoms with Gasteiger partial charge < -0.3 is 0 Å². The van der Waals surface area contributed by atoms with Gasteiger partial charge in [0, 0.05) is 48.2 Å². The largest absolute Gasteiger partial charge is 0.273 e. The number of carbonyl (C=O) groups is 4. The summed E-state index contributed by atoms with van der Waals surface area (Å²) in [5, 5.41) is 21.5. The summed E-state index contributed by atoms with van der Waals surface area (Å²) in [6, 6.07) is 9.85. The van der Waals surface area contributed by atoms with Gasteiger partial charge in [0.1, 0.15) is 0 Å². The lowest BCUT2D eigenvalue weighted by Gasteiger charge is -2.08. The summed E-state index contributed by atoms with van der Waals surface area (Å²) in [6.45, 7) is 0. The minimum absolute atomic E-state index is 0.0247. The highest BCUT2D eigenvalue weighted by molar-refractivity contribution is 5.96. The fourth-order valence-corrected chi connectivity index (χ4v) is 2.45. The Hall–Kier alpha value is -4.88. The van der Waals surface area contributed by atoms with Crippen LogP contribution in [0.2, 0.25) is 0 Å². The molecule has 0 heterocycles. The molecule has 14 heteroatoms. The van der Waals surface area contributed by atoms with Crippen molar-refractivity contribution in [2.75, 3.05) is 0 Å². The lowest BCUT2D eigenvalue weighted by atomic mass is 10.2. The molecule has 0 fully saturated rings. The van der Waals surface area contributed by atoms with Gasteiger partial charge in [0.05, 0.1) is 9.85 Å². The van der Waals surface area contributed by atoms with Crippen molar-refractivity contribution in [2.24, 2.45) is 0 Å². The second-order valence-electron chi connectivity index (χ2n) is 6.47. The van der Waals surface area contributed by atoms with E-state index in [1.165, 1.54) is 36.4 Å². The third kappa shape index (κ3) is 7.71. The van der Waals surface area contributed by atoms with Gasteiger partial charge in [-0.1, -0.05) is 12.1 Å². The highest BCUT2D eigenvalue weighted by Crippen LogP contribution is 2.13. The average Bonchev–Trinajstić information content (AvgIpc) is 2.81. The third-order valence-electron chi connectivity index (χ3n) is 4.08. The Morgan fingerprint density at radius 1 is 0.667 bits per heavy atom. The standard InChI is InChI=1S/C19H18N6O8/c26-16(20-22-18(28)12-4-1-6-14(10-12)24(30)31)8-3-9-17(27)21-23-19(29)13-5-2-7-15(11-13)25(32)33/h1-2,4-7,10-11H,3,8-9H2,(H,20,26)(H,21,27)(H,22,28)(H,23,29). The highest BCUT2D eigenvalue weighted by Gasteiger charge is 2.14. The normalized spacial score (nSPS) is 9.94. The summed E-state index contributed by atoms with van der Waals surface area (Å²) >= 11 is 0. The van der Waals surface area contributed by atoms with E-state index >= 15 is 0 Å². The lowest BCUT2D eigenvalue weighted by molar-refractivity contribution is -0.385. The van der Waals surface area contributed by atoms with Crippen LogP contribution in [0.15, 0.2) is 48.5 Å². The van der Waals surface area contributed by atoms with Gasteiger partial charge in [-0.15, -0.1) is 0 Å². The van der Waals surface area contributed by atoms with Crippen molar-refractivity contribution in [3.63, 3.8) is 0 Å². The van der Waals surface area contributed by atoms with E-state index in [0.29, 0.717) is 0 Å². The number of carbonyl (C=O) groups excluding carboxylic acids is 4. The first kappa shape index (κ1) is 24.4. The number of rotatable bonds is 8. The number of hydrogen-bond donors (Lipinski definition) is 4. The summed E-state index contributed by atoms with van der Waals surface area (Å²) in [6.07, 6.45) is -0.194. The van der Waals surface area contributed by atoms with Crippen LogP contribution in [0, 0.1) is 20.2 Å². The van der Waals surface area contributed by atoms with E-state index in [-0.39, 0.29) is 41.8 Å². The Morgan fingerprint density at radius 2 is 1.06 bits per heavy atom. The van der Waals surface area contributed by atoms with Crippen LogP contribution in [0.1, 0.15) is 40.0 Å². The molecule has 0 aliphatic rings. The van der Waals surface area contributed by atoms with Crippen molar-refractivity contribution in [1.29, 1.82) is 0 Å². The number of hydrogen-bond acceptors (Lipinski definition) is 8. The minimum Gasteiger partial charge on any atom is -0.273 e. The molecule has 0 saturated heterocycles. The van der Waals surface area contributed by atoms with Crippen molar-refractivity contribution in [2.45, 2.75) is 19.3 Å². The van der Waals surface area contributed by atoms with Crippen LogP contribution in [0.25, 0.3) is 0 Å². The molecule has 4 N–H and O–H groups in total. The van der Waals surface area contributed by atoms with E-state index in [0.717, 1.165) is 12.1 Å². The van der Waals surface area contributed by atoms with E-state index < -0.39 is 33.5 Å². The highest BCUT2D eigenvalue weighted by atomic mass is 16.6. The van der Waals surface area contributed by atoms with E-state index in [9.17, 15) is 39.4 Å². The Kier molecular flexibility index (Phi) is 8.50. The molecule has 0 bridgehead atoms. The van der Waals surface area contributed by atoms with Gasteiger partial charge >= 0.3 is 0 Å². The van der Waals surface area contributed by atoms with Gasteiger partial charge in [-0.2, -0.15) is 0 Å². The molecule has 2 rings (SSSR count). The first-order valence-electron chi connectivity index (χ1n) is 9.34. The number of amides is 4. The van der Waals surface area contributed by atoms with Crippen molar-refractivity contribution in [3.05, 3.63) is 79.9 Å². The molecule has 0 atom stereocenters. The van der Waals surface area contributed by atoms with E-state index in [2.05, 4.69) is 21.7 Å². The van der Waals surface area contributed by atoms with Crippen LogP contribution in [-0.4, -0.2) is 33.5 Å². The van der Waals surface area contributed by atoms with Crippen LogP contribution in [0.5, 0.6) is 0 Å². The molecule has 0 unspecified atom stereocenters. The predicted octanol–water partition coefficient (Wildman–Crippen LogP) is 0.896. The first-order chi connectivity index (χ1) is 15.7. The number of nitro benzene ring substituents is 2. The zero-order chi connectivity index (χ0) is 24.4. The van der Waals surface area contributed by atoms with Gasteiger partial charge in [-0.25, -0.2) is 0 Å². The van der Waals surface area contributed by atoms with Crippen molar-refractivity contribution in [3.8, 4) is 0 Å². The van der Waals surface area contributed by atoms with Gasteiger partial charge in [-0.3, -0.25) is 61.1 Å². The van der Waals surface area contributed by atoms with Crippen molar-refractivity contribution < 1.29 is 29.0 Å². The summed E-state index contributed by atoms with van der Waals surface area (Å²) in [4.78, 5) is 67.6. The maximum atomic E-state index is 11.9. The number of hydrazine groups is 2. The summed E-state index contributed by atoms with van der Waals surface area (Å²) < 4.78 is 0. The molecule has 33 heavy (non-hydrogen) atoms. The quantitative estimate of drug-likeness (QED) is 0.330. The monoisotopic (exact) mass is 458 g/mol. The Labute approximate surface area is 185 Å². The molecule has 0 radical (unpaired) electrons. The summed E-state index contributed by atoms with van der Waals surface area (Å²) in [7, 11) is 0. The smallest absolute Gasteiger partial charge is 0.270 e. The average molecular weight is 458 g/mol. The molecule has 0 aliphatic carbocycles. The molecular weight excluding hydrogens is 440 g/mol. The fraction of sp³-hybridized carbons (Fsp3) is 0.158. The number of nitro groups is 2. The molecule has 14 nitrogen and oxygen atoms in total. The van der Waals surface area contributed by atoms with Crippen LogP contribution in [0.3, 0.4) is 0 Å². The van der Waals surface area contributed by atoms with Crippen molar-refractivity contribution >= 4 is 35.0 Å². The molecule has 4 amide bonds. The van der Waals surface area contributed by atoms with Gasteiger partial charge in [-0.05, 0) is 18.6 Å². The Balaban J connectivity index is 1.69. The van der Waals surface area contributed by atoms with E-state index in [1.807, 2.05) is 0 Å². The minimum atomic E-state index is -0.756. The summed E-state index contributed by atoms with van der Waals surface area (Å²) in [5.74, 6) is -2.73. The molecule has 172 valence electrons. The maximum absolute atomic E-state index is 11.9. The number of non-ortho nitro benzene ring substituents is 2. The zero-order valence-corrected chi connectivity index (χ0v) is 16.9. The Morgan fingerprint density at radius 3 is 1.42 bits per heavy atom. The first-order valence-corrected chi connectivity index (χ1v) is 9.34. The molecule has 0 aromatic heterocycles. The number of nitrogens with zero attached hydrogens (tertiary/aromatic N) is 2. The van der Waals surface area contributed by atoms with Crippen LogP contribution in [-0.2, 0) is 9.59 Å². The van der Waals surface area contributed by atoms with Gasteiger partial charge in [0.25, 0.3) is 23.2 Å². The second kappa shape index (κ2) is 11.5.